The molecular weight excluding hydrogens is 343 g/mol. The zero-order chi connectivity index (χ0) is 14.7. The SMILES string of the molecule is Clc1ccc(CSc2snnc2-c2ccccc2)c(Cl)c1. The minimum Gasteiger partial charge on any atom is -0.137 e. The van der Waals surface area contributed by atoms with E-state index in [1.807, 2.05) is 42.5 Å². The first-order valence-electron chi connectivity index (χ1n) is 6.18. The molecular formula is C15H10Cl2N2S2. The molecule has 21 heavy (non-hydrogen) atoms. The molecule has 1 aromatic heterocycles. The largest absolute Gasteiger partial charge is 0.137 e. The van der Waals surface area contributed by atoms with Gasteiger partial charge in [-0.1, -0.05) is 64.1 Å². The molecule has 0 spiro atoms. The molecule has 0 atom stereocenters. The maximum atomic E-state index is 6.20. The van der Waals surface area contributed by atoms with Crippen LogP contribution in [0.2, 0.25) is 10.0 Å². The average Bonchev–Trinajstić information content (AvgIpc) is 2.96. The Bertz CT molecular complexity index is 744. The molecule has 0 fully saturated rings. The molecule has 0 aliphatic heterocycles. The Morgan fingerprint density at radius 3 is 2.62 bits per heavy atom. The van der Waals surface area contributed by atoms with Crippen molar-refractivity contribution in [2.24, 2.45) is 0 Å². The third-order valence-corrected chi connectivity index (χ3v) is 5.48. The highest BCUT2D eigenvalue weighted by Crippen LogP contribution is 2.35. The van der Waals surface area contributed by atoms with Crippen LogP contribution in [-0.2, 0) is 5.75 Å². The topological polar surface area (TPSA) is 25.8 Å². The van der Waals surface area contributed by atoms with Crippen LogP contribution in [0.3, 0.4) is 0 Å². The van der Waals surface area contributed by atoms with Gasteiger partial charge in [0, 0.05) is 21.4 Å². The van der Waals surface area contributed by atoms with Crippen molar-refractivity contribution < 1.29 is 0 Å². The lowest BCUT2D eigenvalue weighted by Crippen LogP contribution is -1.84. The van der Waals surface area contributed by atoms with E-state index in [-0.39, 0.29) is 0 Å². The van der Waals surface area contributed by atoms with Crippen molar-refractivity contribution in [3.63, 3.8) is 0 Å². The normalized spacial score (nSPS) is 10.8. The summed E-state index contributed by atoms with van der Waals surface area (Å²) in [6.45, 7) is 0. The molecule has 0 aliphatic rings. The van der Waals surface area contributed by atoms with Crippen molar-refractivity contribution in [3.8, 4) is 11.3 Å². The summed E-state index contributed by atoms with van der Waals surface area (Å²) in [5.41, 5.74) is 3.06. The van der Waals surface area contributed by atoms with Crippen molar-refractivity contribution in [2.75, 3.05) is 0 Å². The molecule has 3 rings (SSSR count). The quantitative estimate of drug-likeness (QED) is 0.554. The highest BCUT2D eigenvalue weighted by Gasteiger charge is 2.11. The molecule has 2 nitrogen and oxygen atoms in total. The van der Waals surface area contributed by atoms with Gasteiger partial charge in [0.1, 0.15) is 9.90 Å². The molecule has 106 valence electrons. The summed E-state index contributed by atoms with van der Waals surface area (Å²) in [5.74, 6) is 0.764. The second-order valence-corrected chi connectivity index (χ2v) is 7.14. The second kappa shape index (κ2) is 6.79. The zero-order valence-electron chi connectivity index (χ0n) is 10.8. The Kier molecular flexibility index (Phi) is 4.80. The number of nitrogens with zero attached hydrogens (tertiary/aromatic N) is 2. The maximum Gasteiger partial charge on any atom is 0.119 e. The van der Waals surface area contributed by atoms with Gasteiger partial charge >= 0.3 is 0 Å². The zero-order valence-corrected chi connectivity index (χ0v) is 13.9. The highest BCUT2D eigenvalue weighted by molar-refractivity contribution is 8.00. The van der Waals surface area contributed by atoms with Crippen LogP contribution in [0.25, 0.3) is 11.3 Å². The van der Waals surface area contributed by atoms with Crippen LogP contribution in [0.4, 0.5) is 0 Å². The van der Waals surface area contributed by atoms with Gasteiger partial charge in [-0.25, -0.2) is 0 Å². The van der Waals surface area contributed by atoms with E-state index in [1.165, 1.54) is 11.5 Å². The molecule has 0 aliphatic carbocycles. The number of halogens is 2. The molecule has 0 amide bonds. The summed E-state index contributed by atoms with van der Waals surface area (Å²) in [5, 5.41) is 5.57. The van der Waals surface area contributed by atoms with Crippen molar-refractivity contribution in [2.45, 2.75) is 9.96 Å². The standard InChI is InChI=1S/C15H10Cl2N2S2/c16-12-7-6-11(13(17)8-12)9-20-15-14(18-19-21-15)10-4-2-1-3-5-10/h1-8H,9H2. The van der Waals surface area contributed by atoms with Gasteiger partial charge in [0.15, 0.2) is 0 Å². The summed E-state index contributed by atoms with van der Waals surface area (Å²) in [4.78, 5) is 0. The third kappa shape index (κ3) is 3.58. The van der Waals surface area contributed by atoms with E-state index < -0.39 is 0 Å². The van der Waals surface area contributed by atoms with Crippen LogP contribution in [0.1, 0.15) is 5.56 Å². The fourth-order valence-corrected chi connectivity index (χ4v) is 4.15. The summed E-state index contributed by atoms with van der Waals surface area (Å²) in [7, 11) is 0. The van der Waals surface area contributed by atoms with Gasteiger partial charge in [-0.2, -0.15) is 0 Å². The smallest absolute Gasteiger partial charge is 0.119 e. The number of thioether (sulfide) groups is 1. The lowest BCUT2D eigenvalue weighted by atomic mass is 10.2. The van der Waals surface area contributed by atoms with Crippen LogP contribution in [-0.4, -0.2) is 9.59 Å². The van der Waals surface area contributed by atoms with Crippen LogP contribution < -0.4 is 0 Å². The van der Waals surface area contributed by atoms with Crippen LogP contribution in [0, 0.1) is 0 Å². The van der Waals surface area contributed by atoms with E-state index in [0.29, 0.717) is 10.0 Å². The lowest BCUT2D eigenvalue weighted by Gasteiger charge is -2.04. The van der Waals surface area contributed by atoms with Gasteiger partial charge in [0.25, 0.3) is 0 Å². The Hall–Kier alpha value is -1.07. The maximum absolute atomic E-state index is 6.20. The Balaban J connectivity index is 1.79. The van der Waals surface area contributed by atoms with E-state index in [2.05, 4.69) is 9.59 Å². The fraction of sp³-hybridized carbons (Fsp3) is 0.0667. The fourth-order valence-electron chi connectivity index (χ4n) is 1.83. The lowest BCUT2D eigenvalue weighted by molar-refractivity contribution is 1.15. The monoisotopic (exact) mass is 352 g/mol. The minimum atomic E-state index is 0.651. The molecule has 0 saturated carbocycles. The minimum absolute atomic E-state index is 0.651. The van der Waals surface area contributed by atoms with Crippen LogP contribution in [0.5, 0.6) is 0 Å². The Morgan fingerprint density at radius 2 is 1.86 bits per heavy atom. The molecule has 1 heterocycles. The van der Waals surface area contributed by atoms with Gasteiger partial charge in [-0.3, -0.25) is 0 Å². The first-order chi connectivity index (χ1) is 10.2. The van der Waals surface area contributed by atoms with Crippen molar-refractivity contribution in [1.82, 2.24) is 9.59 Å². The van der Waals surface area contributed by atoms with Gasteiger partial charge < -0.3 is 0 Å². The molecule has 0 bridgehead atoms. The van der Waals surface area contributed by atoms with Crippen molar-refractivity contribution >= 4 is 46.5 Å². The van der Waals surface area contributed by atoms with E-state index >= 15 is 0 Å². The number of hydrogen-bond donors (Lipinski definition) is 0. The first kappa shape index (κ1) is 14.9. The van der Waals surface area contributed by atoms with Gasteiger partial charge in [0.2, 0.25) is 0 Å². The van der Waals surface area contributed by atoms with Crippen LogP contribution in [0.15, 0.2) is 52.7 Å². The van der Waals surface area contributed by atoms with Gasteiger partial charge in [-0.15, -0.1) is 16.9 Å². The predicted molar refractivity (Wildman–Crippen MR) is 91.4 cm³/mol. The Labute approximate surface area is 141 Å². The molecule has 0 unspecified atom stereocenters. The van der Waals surface area contributed by atoms with Gasteiger partial charge in [0.05, 0.1) is 0 Å². The second-order valence-electron chi connectivity index (χ2n) is 4.30. The van der Waals surface area contributed by atoms with E-state index in [1.54, 1.807) is 17.8 Å². The summed E-state index contributed by atoms with van der Waals surface area (Å²) >= 11 is 15.2. The van der Waals surface area contributed by atoms with E-state index in [0.717, 1.165) is 26.8 Å². The van der Waals surface area contributed by atoms with E-state index in [9.17, 15) is 0 Å². The summed E-state index contributed by atoms with van der Waals surface area (Å²) in [6, 6.07) is 15.6. The third-order valence-electron chi connectivity index (χ3n) is 2.88. The molecule has 0 saturated heterocycles. The molecule has 0 N–H and O–H groups in total. The van der Waals surface area contributed by atoms with Gasteiger partial charge in [-0.05, 0) is 29.2 Å². The summed E-state index contributed by atoms with van der Waals surface area (Å²) < 4.78 is 5.15. The summed E-state index contributed by atoms with van der Waals surface area (Å²) in [6.07, 6.45) is 0. The van der Waals surface area contributed by atoms with Crippen LogP contribution >= 0.6 is 46.5 Å². The molecule has 2 aromatic carbocycles. The van der Waals surface area contributed by atoms with Crippen molar-refractivity contribution in [1.29, 1.82) is 0 Å². The average molecular weight is 353 g/mol. The molecule has 0 radical (unpaired) electrons. The Morgan fingerprint density at radius 1 is 1.05 bits per heavy atom. The highest BCUT2D eigenvalue weighted by atomic mass is 35.5. The molecule has 3 aromatic rings. The number of aromatic nitrogens is 2. The van der Waals surface area contributed by atoms with Crippen molar-refractivity contribution in [3.05, 3.63) is 64.1 Å². The molecule has 6 heteroatoms. The number of rotatable bonds is 4. The predicted octanol–water partition coefficient (Wildman–Crippen LogP) is 5.80. The first-order valence-corrected chi connectivity index (χ1v) is 8.70. The number of benzene rings is 2. The van der Waals surface area contributed by atoms with E-state index in [4.69, 9.17) is 23.2 Å². The number of hydrogen-bond acceptors (Lipinski definition) is 4.